The first-order valence-corrected chi connectivity index (χ1v) is 8.74. The van der Waals surface area contributed by atoms with Crippen LogP contribution in [0.3, 0.4) is 0 Å². The van der Waals surface area contributed by atoms with Crippen LogP contribution in [0, 0.1) is 0 Å². The van der Waals surface area contributed by atoms with E-state index in [4.69, 9.17) is 9.47 Å². The van der Waals surface area contributed by atoms with Crippen LogP contribution in [0.25, 0.3) is 0 Å². The summed E-state index contributed by atoms with van der Waals surface area (Å²) in [4.78, 5) is 36.0. The number of benzene rings is 2. The predicted octanol–water partition coefficient (Wildman–Crippen LogP) is 2.80. The van der Waals surface area contributed by atoms with E-state index in [-0.39, 0.29) is 18.9 Å². The molecule has 0 bridgehead atoms. The Morgan fingerprint density at radius 2 is 1.70 bits per heavy atom. The summed E-state index contributed by atoms with van der Waals surface area (Å²) < 4.78 is 10.0. The molecule has 0 aliphatic rings. The van der Waals surface area contributed by atoms with Crippen LogP contribution >= 0.6 is 0 Å². The molecule has 0 saturated heterocycles. The molecule has 0 radical (unpaired) electrons. The summed E-state index contributed by atoms with van der Waals surface area (Å²) in [5.74, 6) is -1.02. The van der Waals surface area contributed by atoms with E-state index in [1.807, 2.05) is 12.1 Å². The highest BCUT2D eigenvalue weighted by molar-refractivity contribution is 5.99. The molecule has 2 aromatic carbocycles. The van der Waals surface area contributed by atoms with Crippen molar-refractivity contribution in [3.63, 3.8) is 0 Å². The first-order chi connectivity index (χ1) is 13.0. The highest BCUT2D eigenvalue weighted by atomic mass is 16.5. The highest BCUT2D eigenvalue weighted by Gasteiger charge is 2.14. The Hall–Kier alpha value is -3.15. The molecule has 0 aliphatic heterocycles. The largest absolute Gasteiger partial charge is 0.496 e. The summed E-state index contributed by atoms with van der Waals surface area (Å²) in [6.07, 6.45) is 1.99. The quantitative estimate of drug-likeness (QED) is 0.543. The molecule has 0 fully saturated rings. The van der Waals surface area contributed by atoms with E-state index < -0.39 is 11.9 Å². The van der Waals surface area contributed by atoms with Gasteiger partial charge in [0, 0.05) is 5.56 Å². The van der Waals surface area contributed by atoms with Crippen LogP contribution in [-0.4, -0.2) is 37.9 Å². The first kappa shape index (κ1) is 20.2. The van der Waals surface area contributed by atoms with Crippen molar-refractivity contribution in [1.29, 1.82) is 0 Å². The average molecular weight is 369 g/mol. The maximum atomic E-state index is 12.1. The number of rotatable bonds is 9. The normalized spacial score (nSPS) is 10.1. The van der Waals surface area contributed by atoms with Gasteiger partial charge in [0.15, 0.2) is 12.4 Å². The number of Topliss-reactive ketones (excluding diaryl/α,β-unsaturated/α-hetero) is 1. The summed E-state index contributed by atoms with van der Waals surface area (Å²) in [7, 11) is 1.46. The zero-order valence-electron chi connectivity index (χ0n) is 15.5. The SMILES string of the molecule is CCCc1ccc(C(=O)COC(=O)CNC(=O)c2ccccc2OC)cc1. The number of para-hydroxylation sites is 1. The Labute approximate surface area is 158 Å². The average Bonchev–Trinajstić information content (AvgIpc) is 2.71. The van der Waals surface area contributed by atoms with E-state index in [0.717, 1.165) is 18.4 Å². The van der Waals surface area contributed by atoms with E-state index in [9.17, 15) is 14.4 Å². The van der Waals surface area contributed by atoms with Crippen molar-refractivity contribution in [2.75, 3.05) is 20.3 Å². The standard InChI is InChI=1S/C21H23NO5/c1-3-6-15-9-11-16(12-10-15)18(23)14-27-20(24)13-22-21(25)17-7-4-5-8-19(17)26-2/h4-5,7-12H,3,6,13-14H2,1-2H3,(H,22,25). The monoisotopic (exact) mass is 369 g/mol. The second kappa shape index (κ2) is 10.1. The fourth-order valence-electron chi connectivity index (χ4n) is 2.51. The van der Waals surface area contributed by atoms with Crippen LogP contribution in [0.5, 0.6) is 5.75 Å². The van der Waals surface area contributed by atoms with E-state index in [0.29, 0.717) is 16.9 Å². The number of carbonyl (C=O) groups is 3. The van der Waals surface area contributed by atoms with Crippen LogP contribution in [0.15, 0.2) is 48.5 Å². The molecule has 0 spiro atoms. The smallest absolute Gasteiger partial charge is 0.325 e. The van der Waals surface area contributed by atoms with Crippen LogP contribution < -0.4 is 10.1 Å². The minimum Gasteiger partial charge on any atom is -0.496 e. The molecule has 1 amide bonds. The van der Waals surface area contributed by atoms with Gasteiger partial charge in [-0.05, 0) is 24.1 Å². The zero-order chi connectivity index (χ0) is 19.6. The third-order valence-corrected chi connectivity index (χ3v) is 3.92. The van der Waals surface area contributed by atoms with Gasteiger partial charge in [-0.15, -0.1) is 0 Å². The first-order valence-electron chi connectivity index (χ1n) is 8.74. The number of aryl methyl sites for hydroxylation is 1. The molecular formula is C21H23NO5. The van der Waals surface area contributed by atoms with E-state index in [1.165, 1.54) is 7.11 Å². The van der Waals surface area contributed by atoms with E-state index in [2.05, 4.69) is 12.2 Å². The number of carbonyl (C=O) groups excluding carboxylic acids is 3. The minimum absolute atomic E-state index is 0.289. The van der Waals surface area contributed by atoms with Gasteiger partial charge in [0.2, 0.25) is 0 Å². The van der Waals surface area contributed by atoms with Gasteiger partial charge >= 0.3 is 5.97 Å². The van der Waals surface area contributed by atoms with Crippen molar-refractivity contribution in [3.05, 3.63) is 65.2 Å². The Morgan fingerprint density at radius 3 is 2.37 bits per heavy atom. The highest BCUT2D eigenvalue weighted by Crippen LogP contribution is 2.16. The molecule has 2 rings (SSSR count). The molecular weight excluding hydrogens is 346 g/mol. The van der Waals surface area contributed by atoms with Crippen molar-refractivity contribution in [2.24, 2.45) is 0 Å². The number of hydrogen-bond acceptors (Lipinski definition) is 5. The number of nitrogens with one attached hydrogen (secondary N) is 1. The fraction of sp³-hybridized carbons (Fsp3) is 0.286. The Kier molecular flexibility index (Phi) is 7.55. The fourth-order valence-corrected chi connectivity index (χ4v) is 2.51. The van der Waals surface area contributed by atoms with Crippen LogP contribution in [0.1, 0.15) is 39.6 Å². The third-order valence-electron chi connectivity index (χ3n) is 3.92. The molecule has 1 N–H and O–H groups in total. The van der Waals surface area contributed by atoms with Gasteiger partial charge in [0.25, 0.3) is 5.91 Å². The maximum absolute atomic E-state index is 12.1. The summed E-state index contributed by atoms with van der Waals surface area (Å²) in [6.45, 7) is 1.39. The lowest BCUT2D eigenvalue weighted by Gasteiger charge is -2.09. The lowest BCUT2D eigenvalue weighted by molar-refractivity contribution is -0.141. The van der Waals surface area contributed by atoms with Crippen LogP contribution in [0.4, 0.5) is 0 Å². The molecule has 0 aromatic heterocycles. The molecule has 27 heavy (non-hydrogen) atoms. The van der Waals surface area contributed by atoms with Gasteiger partial charge < -0.3 is 14.8 Å². The summed E-state index contributed by atoms with van der Waals surface area (Å²) in [6, 6.07) is 13.9. The van der Waals surface area contributed by atoms with Gasteiger partial charge in [-0.2, -0.15) is 0 Å². The van der Waals surface area contributed by atoms with Crippen LogP contribution in [0.2, 0.25) is 0 Å². The van der Waals surface area contributed by atoms with E-state index >= 15 is 0 Å². The van der Waals surface area contributed by atoms with Gasteiger partial charge in [-0.1, -0.05) is 49.7 Å². The topological polar surface area (TPSA) is 81.7 Å². The molecule has 0 saturated carbocycles. The number of esters is 1. The number of amides is 1. The number of hydrogen-bond donors (Lipinski definition) is 1. The van der Waals surface area contributed by atoms with Crippen molar-refractivity contribution < 1.29 is 23.9 Å². The Morgan fingerprint density at radius 1 is 1.00 bits per heavy atom. The van der Waals surface area contributed by atoms with Crippen molar-refractivity contribution in [2.45, 2.75) is 19.8 Å². The predicted molar refractivity (Wildman–Crippen MR) is 101 cm³/mol. The van der Waals surface area contributed by atoms with Crippen LogP contribution in [-0.2, 0) is 16.0 Å². The summed E-state index contributed by atoms with van der Waals surface area (Å²) in [5, 5.41) is 2.45. The lowest BCUT2D eigenvalue weighted by Crippen LogP contribution is -2.31. The second-order valence-corrected chi connectivity index (χ2v) is 5.91. The van der Waals surface area contributed by atoms with Gasteiger partial charge in [0.1, 0.15) is 12.3 Å². The molecule has 0 atom stereocenters. The van der Waals surface area contributed by atoms with Crippen molar-refractivity contribution >= 4 is 17.7 Å². The molecule has 2 aromatic rings. The lowest BCUT2D eigenvalue weighted by atomic mass is 10.1. The van der Waals surface area contributed by atoms with Gasteiger partial charge in [-0.25, -0.2) is 0 Å². The maximum Gasteiger partial charge on any atom is 0.325 e. The second-order valence-electron chi connectivity index (χ2n) is 5.91. The number of methoxy groups -OCH3 is 1. The van der Waals surface area contributed by atoms with Gasteiger partial charge in [0.05, 0.1) is 12.7 Å². The Balaban J connectivity index is 1.80. The zero-order valence-corrected chi connectivity index (χ0v) is 15.5. The summed E-state index contributed by atoms with van der Waals surface area (Å²) in [5.41, 5.74) is 1.96. The molecule has 0 unspecified atom stereocenters. The summed E-state index contributed by atoms with van der Waals surface area (Å²) >= 11 is 0. The number of ether oxygens (including phenoxy) is 2. The molecule has 0 heterocycles. The van der Waals surface area contributed by atoms with Crippen molar-refractivity contribution in [3.8, 4) is 5.75 Å². The molecule has 142 valence electrons. The van der Waals surface area contributed by atoms with E-state index in [1.54, 1.807) is 36.4 Å². The molecule has 6 nitrogen and oxygen atoms in total. The molecule has 0 aliphatic carbocycles. The third kappa shape index (κ3) is 5.95. The van der Waals surface area contributed by atoms with Crippen molar-refractivity contribution in [1.82, 2.24) is 5.32 Å². The Bertz CT molecular complexity index is 798. The van der Waals surface area contributed by atoms with Gasteiger partial charge in [-0.3, -0.25) is 14.4 Å². The number of ketones is 1. The minimum atomic E-state index is -0.686. The molecule has 6 heteroatoms.